The standard InChI is InChI=1S/C13H23N5O2S/c1-2-16-10-13(15-11-16)21(19,20)18-7-5-17(6-8-18)12-3-4-14-9-12/h10-12,14H,2-9H2,1H3. The van der Waals surface area contributed by atoms with Gasteiger partial charge in [0.15, 0.2) is 5.03 Å². The van der Waals surface area contributed by atoms with Gasteiger partial charge in [0.25, 0.3) is 10.0 Å². The first-order valence-corrected chi connectivity index (χ1v) is 9.02. The number of rotatable bonds is 4. The minimum atomic E-state index is -3.44. The van der Waals surface area contributed by atoms with Crippen LogP contribution in [0.5, 0.6) is 0 Å². The van der Waals surface area contributed by atoms with Gasteiger partial charge in [-0.05, 0) is 19.9 Å². The first-order valence-electron chi connectivity index (χ1n) is 7.58. The quantitative estimate of drug-likeness (QED) is 0.817. The van der Waals surface area contributed by atoms with Crippen LogP contribution in [0.15, 0.2) is 17.6 Å². The molecule has 21 heavy (non-hydrogen) atoms. The largest absolute Gasteiger partial charge is 0.336 e. The van der Waals surface area contributed by atoms with E-state index in [0.29, 0.717) is 19.1 Å². The van der Waals surface area contributed by atoms with Gasteiger partial charge in [0.1, 0.15) is 0 Å². The molecule has 2 saturated heterocycles. The normalized spacial score (nSPS) is 25.5. The van der Waals surface area contributed by atoms with E-state index in [-0.39, 0.29) is 5.03 Å². The molecule has 8 heteroatoms. The van der Waals surface area contributed by atoms with Crippen molar-refractivity contribution in [2.24, 2.45) is 0 Å². The fourth-order valence-electron chi connectivity index (χ4n) is 3.04. The molecule has 7 nitrogen and oxygen atoms in total. The number of sulfonamides is 1. The molecule has 0 aromatic carbocycles. The predicted octanol–water partition coefficient (Wildman–Crippen LogP) is -0.429. The minimum Gasteiger partial charge on any atom is -0.336 e. The van der Waals surface area contributed by atoms with Crippen molar-refractivity contribution in [3.05, 3.63) is 12.5 Å². The number of hydrogen-bond donors (Lipinski definition) is 1. The van der Waals surface area contributed by atoms with E-state index in [1.165, 1.54) is 0 Å². The second-order valence-electron chi connectivity index (χ2n) is 5.63. The van der Waals surface area contributed by atoms with Crippen LogP contribution < -0.4 is 5.32 Å². The molecule has 0 spiro atoms. The third-order valence-electron chi connectivity index (χ3n) is 4.40. The van der Waals surface area contributed by atoms with Crippen LogP contribution in [0.1, 0.15) is 13.3 Å². The molecule has 1 unspecified atom stereocenters. The fraction of sp³-hybridized carbons (Fsp3) is 0.769. The van der Waals surface area contributed by atoms with Crippen molar-refractivity contribution in [3.8, 4) is 0 Å². The predicted molar refractivity (Wildman–Crippen MR) is 79.5 cm³/mol. The molecule has 1 N–H and O–H groups in total. The highest BCUT2D eigenvalue weighted by Crippen LogP contribution is 2.18. The van der Waals surface area contributed by atoms with Crippen molar-refractivity contribution >= 4 is 10.0 Å². The molecule has 1 atom stereocenters. The second-order valence-corrected chi connectivity index (χ2v) is 7.51. The second kappa shape index (κ2) is 6.04. The number of hydrogen-bond acceptors (Lipinski definition) is 5. The van der Waals surface area contributed by atoms with Gasteiger partial charge in [-0.25, -0.2) is 13.4 Å². The first-order chi connectivity index (χ1) is 10.1. The maximum absolute atomic E-state index is 12.6. The van der Waals surface area contributed by atoms with Gasteiger partial charge in [-0.15, -0.1) is 0 Å². The van der Waals surface area contributed by atoms with Gasteiger partial charge >= 0.3 is 0 Å². The molecular weight excluding hydrogens is 290 g/mol. The van der Waals surface area contributed by atoms with Gasteiger partial charge in [-0.1, -0.05) is 0 Å². The fourth-order valence-corrected chi connectivity index (χ4v) is 4.40. The number of aromatic nitrogens is 2. The van der Waals surface area contributed by atoms with E-state index in [1.54, 1.807) is 21.4 Å². The molecule has 3 rings (SSSR count). The Bertz CT molecular complexity index is 571. The highest BCUT2D eigenvalue weighted by molar-refractivity contribution is 7.89. The van der Waals surface area contributed by atoms with Crippen LogP contribution in [-0.2, 0) is 16.6 Å². The zero-order chi connectivity index (χ0) is 14.9. The molecule has 0 radical (unpaired) electrons. The summed E-state index contributed by atoms with van der Waals surface area (Å²) in [6.45, 7) is 7.50. The number of aryl methyl sites for hydroxylation is 1. The van der Waals surface area contributed by atoms with Crippen LogP contribution in [0.25, 0.3) is 0 Å². The van der Waals surface area contributed by atoms with Gasteiger partial charge < -0.3 is 9.88 Å². The molecule has 1 aromatic rings. The average Bonchev–Trinajstić information content (AvgIpc) is 3.19. The summed E-state index contributed by atoms with van der Waals surface area (Å²) in [6, 6.07) is 0.564. The summed E-state index contributed by atoms with van der Waals surface area (Å²) in [5.74, 6) is 0. The van der Waals surface area contributed by atoms with Crippen molar-refractivity contribution in [1.29, 1.82) is 0 Å². The van der Waals surface area contributed by atoms with Crippen molar-refractivity contribution in [3.63, 3.8) is 0 Å². The SMILES string of the molecule is CCn1cnc(S(=O)(=O)N2CCN(C3CCNC3)CC2)c1. The minimum absolute atomic E-state index is 0.167. The van der Waals surface area contributed by atoms with Crippen LogP contribution in [0.2, 0.25) is 0 Å². The van der Waals surface area contributed by atoms with Crippen LogP contribution >= 0.6 is 0 Å². The number of imidazole rings is 1. The van der Waals surface area contributed by atoms with Crippen LogP contribution in [0.3, 0.4) is 0 Å². The van der Waals surface area contributed by atoms with Gasteiger partial charge in [0, 0.05) is 51.5 Å². The molecule has 2 fully saturated rings. The Kier molecular flexibility index (Phi) is 4.30. The summed E-state index contributed by atoms with van der Waals surface area (Å²) in [5.41, 5.74) is 0. The molecule has 0 aliphatic carbocycles. The zero-order valence-electron chi connectivity index (χ0n) is 12.4. The highest BCUT2D eigenvalue weighted by atomic mass is 32.2. The van der Waals surface area contributed by atoms with Crippen LogP contribution in [-0.4, -0.2) is 72.5 Å². The Morgan fingerprint density at radius 1 is 1.33 bits per heavy atom. The van der Waals surface area contributed by atoms with Crippen molar-refractivity contribution in [2.45, 2.75) is 31.0 Å². The lowest BCUT2D eigenvalue weighted by atomic mass is 10.2. The molecule has 1 aromatic heterocycles. The highest BCUT2D eigenvalue weighted by Gasteiger charge is 2.32. The topological polar surface area (TPSA) is 70.5 Å². The Hall–Kier alpha value is -0.960. The van der Waals surface area contributed by atoms with E-state index in [9.17, 15) is 8.42 Å². The molecule has 118 valence electrons. The lowest BCUT2D eigenvalue weighted by Crippen LogP contribution is -2.52. The van der Waals surface area contributed by atoms with E-state index in [2.05, 4.69) is 15.2 Å². The van der Waals surface area contributed by atoms with Gasteiger partial charge in [-0.3, -0.25) is 4.90 Å². The Morgan fingerprint density at radius 3 is 2.67 bits per heavy atom. The Balaban J connectivity index is 1.65. The number of piperazine rings is 1. The van der Waals surface area contributed by atoms with Gasteiger partial charge in [-0.2, -0.15) is 4.31 Å². The first kappa shape index (κ1) is 15.0. The van der Waals surface area contributed by atoms with E-state index in [1.807, 2.05) is 6.92 Å². The van der Waals surface area contributed by atoms with Crippen molar-refractivity contribution in [2.75, 3.05) is 39.3 Å². The summed E-state index contributed by atoms with van der Waals surface area (Å²) in [5, 5.41) is 3.53. The third kappa shape index (κ3) is 2.98. The number of nitrogens with zero attached hydrogens (tertiary/aromatic N) is 4. The molecule has 2 aliphatic rings. The average molecular weight is 313 g/mol. The molecule has 0 bridgehead atoms. The summed E-state index contributed by atoms with van der Waals surface area (Å²) >= 11 is 0. The summed E-state index contributed by atoms with van der Waals surface area (Å²) in [6.07, 6.45) is 4.35. The molecule has 0 amide bonds. The zero-order valence-corrected chi connectivity index (χ0v) is 13.2. The van der Waals surface area contributed by atoms with Gasteiger partial charge in [0.2, 0.25) is 0 Å². The van der Waals surface area contributed by atoms with Crippen molar-refractivity contribution < 1.29 is 8.42 Å². The summed E-state index contributed by atoms with van der Waals surface area (Å²) in [7, 11) is -3.44. The molecule has 2 aliphatic heterocycles. The van der Waals surface area contributed by atoms with E-state index < -0.39 is 10.0 Å². The molecular formula is C13H23N5O2S. The monoisotopic (exact) mass is 313 g/mol. The smallest absolute Gasteiger partial charge is 0.262 e. The number of nitrogens with one attached hydrogen (secondary N) is 1. The van der Waals surface area contributed by atoms with Gasteiger partial charge in [0.05, 0.1) is 6.33 Å². The summed E-state index contributed by atoms with van der Waals surface area (Å²) in [4.78, 5) is 6.44. The van der Waals surface area contributed by atoms with E-state index >= 15 is 0 Å². The summed E-state index contributed by atoms with van der Waals surface area (Å²) < 4.78 is 28.5. The van der Waals surface area contributed by atoms with Crippen LogP contribution in [0.4, 0.5) is 0 Å². The lowest BCUT2D eigenvalue weighted by molar-refractivity contribution is 0.145. The lowest BCUT2D eigenvalue weighted by Gasteiger charge is -2.36. The Labute approximate surface area is 126 Å². The van der Waals surface area contributed by atoms with E-state index in [0.717, 1.165) is 39.1 Å². The van der Waals surface area contributed by atoms with E-state index in [4.69, 9.17) is 0 Å². The van der Waals surface area contributed by atoms with Crippen LogP contribution in [0, 0.1) is 0 Å². The molecule has 0 saturated carbocycles. The maximum Gasteiger partial charge on any atom is 0.262 e. The Morgan fingerprint density at radius 2 is 2.10 bits per heavy atom. The molecule has 3 heterocycles. The maximum atomic E-state index is 12.6. The van der Waals surface area contributed by atoms with Crippen molar-refractivity contribution in [1.82, 2.24) is 24.1 Å². The third-order valence-corrected chi connectivity index (χ3v) is 6.19.